The summed E-state index contributed by atoms with van der Waals surface area (Å²) in [6, 6.07) is 0. The van der Waals surface area contributed by atoms with E-state index in [0.29, 0.717) is 0 Å². The largest absolute Gasteiger partial charge is 0.106 e. The molecule has 0 nitrogen and oxygen atoms in total. The molecule has 0 spiro atoms. The van der Waals surface area contributed by atoms with Gasteiger partial charge in [0.05, 0.1) is 0 Å². The van der Waals surface area contributed by atoms with E-state index in [-0.39, 0.29) is 0 Å². The van der Waals surface area contributed by atoms with Gasteiger partial charge in [-0.1, -0.05) is 72.3 Å². The van der Waals surface area contributed by atoms with Crippen molar-refractivity contribution in [2.24, 2.45) is 5.92 Å². The average Bonchev–Trinajstić information content (AvgIpc) is 2.33. The Hall–Kier alpha value is -0.520. The van der Waals surface area contributed by atoms with Gasteiger partial charge in [0.2, 0.25) is 0 Å². The van der Waals surface area contributed by atoms with Crippen LogP contribution in [0.2, 0.25) is 0 Å². The van der Waals surface area contributed by atoms with Crippen LogP contribution >= 0.6 is 0 Å². The van der Waals surface area contributed by atoms with E-state index in [1.54, 1.807) is 0 Å². The third-order valence-corrected chi connectivity index (χ3v) is 2.46. The van der Waals surface area contributed by atoms with Crippen LogP contribution in [-0.2, 0) is 0 Å². The van der Waals surface area contributed by atoms with Crippen molar-refractivity contribution in [3.05, 3.63) is 25.8 Å². The maximum Gasteiger partial charge on any atom is -0.0356 e. The zero-order chi connectivity index (χ0) is 13.2. The molecule has 0 aromatic heterocycles. The molecule has 0 aliphatic rings. The predicted molar refractivity (Wildman–Crippen MR) is 80.0 cm³/mol. The topological polar surface area (TPSA) is 0 Å². The first-order valence-corrected chi connectivity index (χ1v) is 6.87. The maximum absolute atomic E-state index is 3.55. The van der Waals surface area contributed by atoms with Crippen LogP contribution in [-0.4, -0.2) is 0 Å². The van der Waals surface area contributed by atoms with Gasteiger partial charge in [-0.2, -0.15) is 0 Å². The van der Waals surface area contributed by atoms with Crippen LogP contribution in [0.15, 0.2) is 25.8 Å². The van der Waals surface area contributed by atoms with Gasteiger partial charge in [0, 0.05) is 0 Å². The van der Waals surface area contributed by atoms with Crippen LogP contribution in [0.4, 0.5) is 0 Å². The fourth-order valence-electron chi connectivity index (χ4n) is 1.57. The molecule has 0 aromatic carbocycles. The molecule has 0 saturated carbocycles. The van der Waals surface area contributed by atoms with E-state index in [4.69, 9.17) is 0 Å². The molecule has 0 bridgehead atoms. The summed E-state index contributed by atoms with van der Waals surface area (Å²) in [5.74, 6) is 1.01. The monoisotopic (exact) mass is 226 g/mol. The molecule has 16 heavy (non-hydrogen) atoms. The van der Waals surface area contributed by atoms with Crippen LogP contribution in [0.1, 0.15) is 72.6 Å². The first kappa shape index (κ1) is 20.8. The predicted octanol–water partition coefficient (Wildman–Crippen LogP) is 6.39. The van der Waals surface area contributed by atoms with Crippen molar-refractivity contribution in [2.45, 2.75) is 72.6 Å². The molecular weight excluding hydrogens is 192 g/mol. The highest BCUT2D eigenvalue weighted by Crippen LogP contribution is 2.16. The third kappa shape index (κ3) is 23.4. The number of rotatable bonds is 7. The van der Waals surface area contributed by atoms with Gasteiger partial charge in [0.1, 0.15) is 0 Å². The van der Waals surface area contributed by atoms with Gasteiger partial charge in [-0.3, -0.25) is 0 Å². The fourth-order valence-corrected chi connectivity index (χ4v) is 1.57. The molecule has 0 amide bonds. The molecule has 0 unspecified atom stereocenters. The second-order valence-corrected chi connectivity index (χ2v) is 3.93. The Bertz CT molecular complexity index is 98.6. The smallest absolute Gasteiger partial charge is 0.0356 e. The van der Waals surface area contributed by atoms with Gasteiger partial charge >= 0.3 is 0 Å². The molecule has 0 atom stereocenters. The molecule has 0 saturated heterocycles. The first-order valence-electron chi connectivity index (χ1n) is 6.87. The van der Waals surface area contributed by atoms with Crippen molar-refractivity contribution in [3.8, 4) is 0 Å². The summed E-state index contributed by atoms with van der Waals surface area (Å²) in [5.41, 5.74) is 0. The summed E-state index contributed by atoms with van der Waals surface area (Å²) < 4.78 is 0. The first-order chi connectivity index (χ1) is 7.76. The van der Waals surface area contributed by atoms with Crippen LogP contribution in [0.25, 0.3) is 0 Å². The van der Waals surface area contributed by atoms with Gasteiger partial charge in [0.15, 0.2) is 0 Å². The number of hydrogen-bond acceptors (Lipinski definition) is 0. The lowest BCUT2D eigenvalue weighted by molar-refractivity contribution is 0.427. The van der Waals surface area contributed by atoms with E-state index >= 15 is 0 Å². The standard InChI is InChI=1S/C9H20.C5H10.C2H4/c1-4-7-9(6-3)8-5-2;1-3-5-4-2;1-2/h9H,4-8H2,1-3H3;3H,1,4-5H2,2H3;1-2H2. The van der Waals surface area contributed by atoms with Crippen molar-refractivity contribution in [2.75, 3.05) is 0 Å². The van der Waals surface area contributed by atoms with E-state index in [9.17, 15) is 0 Å². The molecular formula is C16H34. The summed E-state index contributed by atoms with van der Waals surface area (Å²) in [4.78, 5) is 0. The second-order valence-electron chi connectivity index (χ2n) is 3.93. The average molecular weight is 226 g/mol. The van der Waals surface area contributed by atoms with Crippen LogP contribution in [0, 0.1) is 5.92 Å². The SMILES string of the molecule is C=C.C=CCCC.CCCC(CC)CCC. The minimum Gasteiger partial charge on any atom is -0.106 e. The molecule has 98 valence electrons. The molecule has 0 fully saturated rings. The van der Waals surface area contributed by atoms with E-state index in [1.807, 2.05) is 6.08 Å². The quantitative estimate of drug-likeness (QED) is 0.441. The van der Waals surface area contributed by atoms with Crippen molar-refractivity contribution >= 4 is 0 Å². The van der Waals surface area contributed by atoms with Crippen molar-refractivity contribution < 1.29 is 0 Å². The molecule has 0 aliphatic carbocycles. The normalized spacial score (nSPS) is 8.56. The minimum absolute atomic E-state index is 1.01. The summed E-state index contributed by atoms with van der Waals surface area (Å²) in [7, 11) is 0. The third-order valence-electron chi connectivity index (χ3n) is 2.46. The van der Waals surface area contributed by atoms with E-state index in [0.717, 1.165) is 12.3 Å². The number of unbranched alkanes of at least 4 members (excludes halogenated alkanes) is 1. The molecule has 0 radical (unpaired) electrons. The molecule has 0 aromatic rings. The van der Waals surface area contributed by atoms with Crippen LogP contribution in [0.5, 0.6) is 0 Å². The summed E-state index contributed by atoms with van der Waals surface area (Å²) in [6.45, 7) is 18.5. The Morgan fingerprint density at radius 1 is 0.875 bits per heavy atom. The Morgan fingerprint density at radius 3 is 1.44 bits per heavy atom. The second kappa shape index (κ2) is 24.0. The van der Waals surface area contributed by atoms with Gasteiger partial charge in [-0.05, 0) is 12.3 Å². The van der Waals surface area contributed by atoms with E-state index in [1.165, 1.54) is 38.5 Å². The van der Waals surface area contributed by atoms with Crippen LogP contribution in [0.3, 0.4) is 0 Å². The highest BCUT2D eigenvalue weighted by molar-refractivity contribution is 4.63. The lowest BCUT2D eigenvalue weighted by Gasteiger charge is -2.10. The Balaban J connectivity index is -0.000000205. The summed E-state index contributed by atoms with van der Waals surface area (Å²) in [6.07, 6.45) is 11.3. The van der Waals surface area contributed by atoms with Gasteiger partial charge < -0.3 is 0 Å². The van der Waals surface area contributed by atoms with E-state index < -0.39 is 0 Å². The molecule has 0 heteroatoms. The van der Waals surface area contributed by atoms with Gasteiger partial charge in [-0.25, -0.2) is 0 Å². The fraction of sp³-hybridized carbons (Fsp3) is 0.750. The molecule has 0 N–H and O–H groups in total. The van der Waals surface area contributed by atoms with Crippen molar-refractivity contribution in [3.63, 3.8) is 0 Å². The van der Waals surface area contributed by atoms with E-state index in [2.05, 4.69) is 47.4 Å². The lowest BCUT2D eigenvalue weighted by atomic mass is 9.96. The minimum atomic E-state index is 1.01. The maximum atomic E-state index is 3.55. The molecule has 0 rings (SSSR count). The highest BCUT2D eigenvalue weighted by atomic mass is 14.1. The summed E-state index contributed by atoms with van der Waals surface area (Å²) >= 11 is 0. The van der Waals surface area contributed by atoms with Crippen molar-refractivity contribution in [1.29, 1.82) is 0 Å². The zero-order valence-electron chi connectivity index (χ0n) is 12.2. The number of allylic oxidation sites excluding steroid dienone is 1. The zero-order valence-corrected chi connectivity index (χ0v) is 12.2. The van der Waals surface area contributed by atoms with Crippen LogP contribution < -0.4 is 0 Å². The number of hydrogen-bond donors (Lipinski definition) is 0. The molecule has 0 aliphatic heterocycles. The Morgan fingerprint density at radius 2 is 1.31 bits per heavy atom. The van der Waals surface area contributed by atoms with Gasteiger partial charge in [0.25, 0.3) is 0 Å². The van der Waals surface area contributed by atoms with Crippen molar-refractivity contribution in [1.82, 2.24) is 0 Å². The Labute approximate surface area is 105 Å². The molecule has 0 heterocycles. The summed E-state index contributed by atoms with van der Waals surface area (Å²) in [5, 5.41) is 0. The van der Waals surface area contributed by atoms with Gasteiger partial charge in [-0.15, -0.1) is 19.7 Å². The lowest BCUT2D eigenvalue weighted by Crippen LogP contribution is -1.96. The highest BCUT2D eigenvalue weighted by Gasteiger charge is 2.01. The Kier molecular flexibility index (Phi) is 31.2.